The van der Waals surface area contributed by atoms with Gasteiger partial charge in [0, 0.05) is 48.1 Å². The van der Waals surface area contributed by atoms with E-state index < -0.39 is 0 Å². The zero-order valence-corrected chi connectivity index (χ0v) is 19.7. The van der Waals surface area contributed by atoms with Crippen molar-refractivity contribution >= 4 is 17.5 Å². The van der Waals surface area contributed by atoms with Crippen LogP contribution in [0.2, 0.25) is 0 Å². The highest BCUT2D eigenvalue weighted by Gasteiger charge is 2.29. The molecule has 2 amide bonds. The Labute approximate surface area is 189 Å². The number of carbonyl (C=O) groups is 2. The van der Waals surface area contributed by atoms with E-state index in [1.54, 1.807) is 0 Å². The molecule has 1 N–H and O–H groups in total. The number of aromatic nitrogens is 2. The molecule has 2 aromatic rings. The van der Waals surface area contributed by atoms with Crippen molar-refractivity contribution in [1.29, 1.82) is 0 Å². The Bertz CT molecular complexity index is 959. The molecule has 7 heteroatoms. The third kappa shape index (κ3) is 6.34. The predicted molar refractivity (Wildman–Crippen MR) is 123 cm³/mol. The first kappa shape index (κ1) is 23.8. The summed E-state index contributed by atoms with van der Waals surface area (Å²) < 4.78 is 13.1. The molecular formula is C25H33FN4O2. The largest absolute Gasteiger partial charge is 0.342 e. The molecule has 1 aliphatic heterocycles. The second-order valence-electron chi connectivity index (χ2n) is 9.88. The fraction of sp³-hybridized carbons (Fsp3) is 0.520. The van der Waals surface area contributed by atoms with Crippen LogP contribution in [0.4, 0.5) is 10.1 Å². The lowest BCUT2D eigenvalue weighted by Crippen LogP contribution is -2.41. The quantitative estimate of drug-likeness (QED) is 0.740. The second kappa shape index (κ2) is 9.76. The zero-order valence-electron chi connectivity index (χ0n) is 19.7. The summed E-state index contributed by atoms with van der Waals surface area (Å²) >= 11 is 0. The van der Waals surface area contributed by atoms with Crippen LogP contribution in [0, 0.1) is 25.1 Å². The first-order chi connectivity index (χ1) is 15.0. The van der Waals surface area contributed by atoms with Crippen molar-refractivity contribution in [2.24, 2.45) is 5.41 Å². The van der Waals surface area contributed by atoms with Crippen molar-refractivity contribution < 1.29 is 14.0 Å². The standard InChI is InChI=1S/C25H33FN4O2/c1-16-21(13-22(31)29-20-10-8-19(26)9-11-20)17(2)28-24(27-16)18-7-6-12-30(15-18)23(32)14-25(3,4)5/h8-11,18H,6-7,12-15H2,1-5H3,(H,29,31)/t18-/m1/s1. The molecule has 172 valence electrons. The summed E-state index contributed by atoms with van der Waals surface area (Å²) in [5.41, 5.74) is 2.86. The minimum atomic E-state index is -0.347. The Kier molecular flexibility index (Phi) is 7.26. The summed E-state index contributed by atoms with van der Waals surface area (Å²) in [5.74, 6) is 0.490. The highest BCUT2D eigenvalue weighted by atomic mass is 19.1. The molecule has 3 rings (SSSR count). The first-order valence-electron chi connectivity index (χ1n) is 11.2. The van der Waals surface area contributed by atoms with Crippen LogP contribution < -0.4 is 5.32 Å². The van der Waals surface area contributed by atoms with E-state index in [1.165, 1.54) is 24.3 Å². The molecule has 0 aliphatic carbocycles. The van der Waals surface area contributed by atoms with Gasteiger partial charge in [-0.15, -0.1) is 0 Å². The van der Waals surface area contributed by atoms with E-state index in [4.69, 9.17) is 9.97 Å². The van der Waals surface area contributed by atoms with E-state index in [9.17, 15) is 14.0 Å². The molecule has 1 aliphatic rings. The molecule has 1 saturated heterocycles. The van der Waals surface area contributed by atoms with Crippen LogP contribution in [0.5, 0.6) is 0 Å². The summed E-state index contributed by atoms with van der Waals surface area (Å²) in [6, 6.07) is 5.68. The molecule has 1 aromatic carbocycles. The van der Waals surface area contributed by atoms with Crippen LogP contribution in [0.15, 0.2) is 24.3 Å². The predicted octanol–water partition coefficient (Wildman–Crippen LogP) is 4.56. The summed E-state index contributed by atoms with van der Waals surface area (Å²) in [6.45, 7) is 11.4. The summed E-state index contributed by atoms with van der Waals surface area (Å²) in [4.78, 5) is 36.6. The van der Waals surface area contributed by atoms with Gasteiger partial charge in [0.05, 0.1) is 6.42 Å². The van der Waals surface area contributed by atoms with Gasteiger partial charge in [0.1, 0.15) is 11.6 Å². The van der Waals surface area contributed by atoms with E-state index in [0.717, 1.165) is 42.2 Å². The third-order valence-corrected chi connectivity index (χ3v) is 5.72. The monoisotopic (exact) mass is 440 g/mol. The lowest BCUT2D eigenvalue weighted by atomic mass is 9.90. The molecule has 1 atom stereocenters. The Morgan fingerprint density at radius 3 is 2.34 bits per heavy atom. The van der Waals surface area contributed by atoms with Gasteiger partial charge in [-0.05, 0) is 56.4 Å². The van der Waals surface area contributed by atoms with Gasteiger partial charge in [-0.25, -0.2) is 14.4 Å². The minimum Gasteiger partial charge on any atom is -0.342 e. The van der Waals surface area contributed by atoms with Crippen LogP contribution in [0.1, 0.15) is 68.7 Å². The van der Waals surface area contributed by atoms with Gasteiger partial charge in [0.15, 0.2) is 0 Å². The molecule has 0 bridgehead atoms. The van der Waals surface area contributed by atoms with Crippen molar-refractivity contribution in [3.8, 4) is 0 Å². The zero-order chi connectivity index (χ0) is 23.5. The number of hydrogen-bond acceptors (Lipinski definition) is 4. The number of carbonyl (C=O) groups excluding carboxylic acids is 2. The van der Waals surface area contributed by atoms with Gasteiger partial charge in [0.25, 0.3) is 0 Å². The number of anilines is 1. The summed E-state index contributed by atoms with van der Waals surface area (Å²) in [5, 5.41) is 2.78. The fourth-order valence-electron chi connectivity index (χ4n) is 4.08. The summed E-state index contributed by atoms with van der Waals surface area (Å²) in [6.07, 6.45) is 2.56. The fourth-order valence-corrected chi connectivity index (χ4v) is 4.08. The average Bonchev–Trinajstić information content (AvgIpc) is 2.71. The van der Waals surface area contributed by atoms with E-state index >= 15 is 0 Å². The lowest BCUT2D eigenvalue weighted by molar-refractivity contribution is -0.134. The molecule has 1 aromatic heterocycles. The van der Waals surface area contributed by atoms with Crippen LogP contribution in [-0.4, -0.2) is 39.8 Å². The van der Waals surface area contributed by atoms with Crippen LogP contribution in [0.3, 0.4) is 0 Å². The van der Waals surface area contributed by atoms with E-state index in [2.05, 4.69) is 26.1 Å². The number of hydrogen-bond donors (Lipinski definition) is 1. The highest BCUT2D eigenvalue weighted by Crippen LogP contribution is 2.28. The van der Waals surface area contributed by atoms with Gasteiger partial charge in [-0.1, -0.05) is 20.8 Å². The van der Waals surface area contributed by atoms with Crippen molar-refractivity contribution in [3.05, 3.63) is 52.9 Å². The maximum atomic E-state index is 13.1. The van der Waals surface area contributed by atoms with Crippen molar-refractivity contribution in [2.75, 3.05) is 18.4 Å². The minimum absolute atomic E-state index is 0.0379. The van der Waals surface area contributed by atoms with E-state index in [-0.39, 0.29) is 35.4 Å². The molecule has 1 fully saturated rings. The molecule has 0 radical (unpaired) electrons. The van der Waals surface area contributed by atoms with Gasteiger partial charge in [0.2, 0.25) is 11.8 Å². The molecule has 2 heterocycles. The average molecular weight is 441 g/mol. The van der Waals surface area contributed by atoms with Gasteiger partial charge >= 0.3 is 0 Å². The Balaban J connectivity index is 1.68. The van der Waals surface area contributed by atoms with Crippen LogP contribution >= 0.6 is 0 Å². The van der Waals surface area contributed by atoms with Crippen LogP contribution in [-0.2, 0) is 16.0 Å². The maximum Gasteiger partial charge on any atom is 0.228 e. The van der Waals surface area contributed by atoms with Gasteiger partial charge < -0.3 is 10.2 Å². The Hall–Kier alpha value is -2.83. The maximum absolute atomic E-state index is 13.1. The third-order valence-electron chi connectivity index (χ3n) is 5.72. The number of nitrogens with one attached hydrogen (secondary N) is 1. The normalized spacial score (nSPS) is 16.7. The smallest absolute Gasteiger partial charge is 0.228 e. The molecule has 0 unspecified atom stereocenters. The summed E-state index contributed by atoms with van der Waals surface area (Å²) in [7, 11) is 0. The molecule has 6 nitrogen and oxygen atoms in total. The van der Waals surface area contributed by atoms with Crippen molar-refractivity contribution in [2.45, 2.75) is 66.2 Å². The lowest BCUT2D eigenvalue weighted by Gasteiger charge is -2.34. The number of piperidine rings is 1. The van der Waals surface area contributed by atoms with Crippen LogP contribution in [0.25, 0.3) is 0 Å². The molecule has 0 saturated carbocycles. The van der Waals surface area contributed by atoms with Crippen molar-refractivity contribution in [1.82, 2.24) is 14.9 Å². The number of halogens is 1. The number of likely N-dealkylation sites (tertiary alicyclic amines) is 1. The Morgan fingerprint density at radius 2 is 1.75 bits per heavy atom. The number of nitrogens with zero attached hydrogens (tertiary/aromatic N) is 3. The van der Waals surface area contributed by atoms with Gasteiger partial charge in [-0.2, -0.15) is 0 Å². The Morgan fingerprint density at radius 1 is 1.12 bits per heavy atom. The molecule has 0 spiro atoms. The molecular weight excluding hydrogens is 407 g/mol. The van der Waals surface area contributed by atoms with E-state index in [0.29, 0.717) is 18.7 Å². The van der Waals surface area contributed by atoms with Gasteiger partial charge in [-0.3, -0.25) is 9.59 Å². The SMILES string of the molecule is Cc1nc([C@@H]2CCCN(C(=O)CC(C)(C)C)C2)nc(C)c1CC(=O)Nc1ccc(F)cc1. The molecule has 32 heavy (non-hydrogen) atoms. The number of benzene rings is 1. The van der Waals surface area contributed by atoms with Crippen molar-refractivity contribution in [3.63, 3.8) is 0 Å². The topological polar surface area (TPSA) is 75.2 Å². The number of rotatable bonds is 5. The first-order valence-corrected chi connectivity index (χ1v) is 11.2. The number of aryl methyl sites for hydroxylation is 2. The van der Waals surface area contributed by atoms with E-state index in [1.807, 2.05) is 18.7 Å². The number of amides is 2. The highest BCUT2D eigenvalue weighted by molar-refractivity contribution is 5.92. The second-order valence-corrected chi connectivity index (χ2v) is 9.88.